The molecule has 0 aliphatic rings. The molecule has 1 aromatic heterocycles. The number of anilines is 1. The standard InChI is InChI=1S/C18H17ClN2O5/c1-24-15-6-4-12(10-16(15)25-2)20-17(22)7-8-21-13-9-11(19)3-5-14(13)26-18(21)23/h3-6,9-10H,7-8H2,1-2H3,(H,20,22). The van der Waals surface area contributed by atoms with E-state index in [9.17, 15) is 9.59 Å². The van der Waals surface area contributed by atoms with Crippen molar-refractivity contribution in [3.63, 3.8) is 0 Å². The summed E-state index contributed by atoms with van der Waals surface area (Å²) in [5.74, 6) is 0.303. The van der Waals surface area contributed by atoms with Crippen molar-refractivity contribution in [1.82, 2.24) is 4.57 Å². The molecular weight excluding hydrogens is 360 g/mol. The van der Waals surface area contributed by atoms with Gasteiger partial charge in [-0.1, -0.05) is 11.6 Å². The Morgan fingerprint density at radius 2 is 1.92 bits per heavy atom. The van der Waals surface area contributed by atoms with Gasteiger partial charge in [0.1, 0.15) is 0 Å². The number of halogens is 1. The summed E-state index contributed by atoms with van der Waals surface area (Å²) in [6.07, 6.45) is 0.0927. The maximum Gasteiger partial charge on any atom is 0.419 e. The molecule has 0 aliphatic carbocycles. The quantitative estimate of drug-likeness (QED) is 0.713. The van der Waals surface area contributed by atoms with Crippen LogP contribution in [0.2, 0.25) is 5.02 Å². The molecule has 0 fully saturated rings. The number of carbonyl (C=O) groups excluding carboxylic acids is 1. The van der Waals surface area contributed by atoms with Crippen LogP contribution in [-0.2, 0) is 11.3 Å². The van der Waals surface area contributed by atoms with Crippen LogP contribution in [0, 0.1) is 0 Å². The third kappa shape index (κ3) is 3.67. The van der Waals surface area contributed by atoms with Gasteiger partial charge in [0, 0.05) is 29.7 Å². The Morgan fingerprint density at radius 1 is 1.15 bits per heavy atom. The van der Waals surface area contributed by atoms with Crippen LogP contribution >= 0.6 is 11.6 Å². The van der Waals surface area contributed by atoms with Crippen LogP contribution in [0.5, 0.6) is 11.5 Å². The molecule has 3 rings (SSSR count). The van der Waals surface area contributed by atoms with E-state index in [1.165, 1.54) is 18.8 Å². The molecule has 7 nitrogen and oxygen atoms in total. The van der Waals surface area contributed by atoms with Gasteiger partial charge in [0.25, 0.3) is 0 Å². The highest BCUT2D eigenvalue weighted by atomic mass is 35.5. The summed E-state index contributed by atoms with van der Waals surface area (Å²) in [5.41, 5.74) is 1.56. The summed E-state index contributed by atoms with van der Waals surface area (Å²) in [6, 6.07) is 9.97. The zero-order valence-electron chi connectivity index (χ0n) is 14.2. The number of carbonyl (C=O) groups is 1. The summed E-state index contributed by atoms with van der Waals surface area (Å²) < 4.78 is 16.9. The number of nitrogens with zero attached hydrogens (tertiary/aromatic N) is 1. The lowest BCUT2D eigenvalue weighted by Gasteiger charge is -2.10. The molecule has 2 aromatic carbocycles. The highest BCUT2D eigenvalue weighted by Gasteiger charge is 2.12. The highest BCUT2D eigenvalue weighted by molar-refractivity contribution is 6.31. The van der Waals surface area contributed by atoms with Gasteiger partial charge < -0.3 is 19.2 Å². The number of methoxy groups -OCH3 is 2. The number of hydrogen-bond acceptors (Lipinski definition) is 5. The van der Waals surface area contributed by atoms with Crippen LogP contribution in [0.15, 0.2) is 45.6 Å². The van der Waals surface area contributed by atoms with Gasteiger partial charge in [0.2, 0.25) is 5.91 Å². The maximum atomic E-state index is 12.2. The lowest BCUT2D eigenvalue weighted by molar-refractivity contribution is -0.116. The molecule has 0 bridgehead atoms. The lowest BCUT2D eigenvalue weighted by atomic mass is 10.2. The van der Waals surface area contributed by atoms with Crippen molar-refractivity contribution in [3.05, 3.63) is 52.0 Å². The van der Waals surface area contributed by atoms with Crippen LogP contribution < -0.4 is 20.5 Å². The van der Waals surface area contributed by atoms with E-state index in [-0.39, 0.29) is 18.9 Å². The van der Waals surface area contributed by atoms with Crippen molar-refractivity contribution in [3.8, 4) is 11.5 Å². The Hall–Kier alpha value is -2.93. The van der Waals surface area contributed by atoms with Crippen LogP contribution in [0.1, 0.15) is 6.42 Å². The zero-order valence-corrected chi connectivity index (χ0v) is 15.0. The van der Waals surface area contributed by atoms with E-state index in [2.05, 4.69) is 5.32 Å². The van der Waals surface area contributed by atoms with Crippen molar-refractivity contribution in [2.75, 3.05) is 19.5 Å². The molecule has 0 saturated heterocycles. The summed E-state index contributed by atoms with van der Waals surface area (Å²) >= 11 is 5.96. The summed E-state index contributed by atoms with van der Waals surface area (Å²) in [7, 11) is 3.06. The molecule has 0 aliphatic heterocycles. The number of ether oxygens (including phenoxy) is 2. The number of aromatic nitrogens is 1. The Morgan fingerprint density at radius 3 is 2.65 bits per heavy atom. The van der Waals surface area contributed by atoms with Crippen molar-refractivity contribution < 1.29 is 18.7 Å². The third-order valence-electron chi connectivity index (χ3n) is 3.86. The number of nitrogens with one attached hydrogen (secondary N) is 1. The fraction of sp³-hybridized carbons (Fsp3) is 0.222. The number of oxazole rings is 1. The molecule has 0 saturated carbocycles. The number of amides is 1. The molecule has 26 heavy (non-hydrogen) atoms. The predicted octanol–water partition coefficient (Wildman–Crippen LogP) is 3.29. The topological polar surface area (TPSA) is 82.7 Å². The lowest BCUT2D eigenvalue weighted by Crippen LogP contribution is -2.19. The zero-order chi connectivity index (χ0) is 18.7. The average Bonchev–Trinajstić information content (AvgIpc) is 2.94. The van der Waals surface area contributed by atoms with E-state index < -0.39 is 5.76 Å². The van der Waals surface area contributed by atoms with Gasteiger partial charge in [0.05, 0.1) is 19.7 Å². The molecule has 8 heteroatoms. The van der Waals surface area contributed by atoms with Crippen molar-refractivity contribution in [2.45, 2.75) is 13.0 Å². The Kier molecular flexibility index (Phi) is 5.18. The normalized spacial score (nSPS) is 10.7. The minimum atomic E-state index is -0.527. The van der Waals surface area contributed by atoms with Gasteiger partial charge in [-0.05, 0) is 30.3 Å². The van der Waals surface area contributed by atoms with E-state index in [4.69, 9.17) is 25.5 Å². The molecular formula is C18H17ClN2O5. The predicted molar refractivity (Wildman–Crippen MR) is 98.3 cm³/mol. The molecule has 3 aromatic rings. The number of benzene rings is 2. The van der Waals surface area contributed by atoms with Crippen molar-refractivity contribution >= 4 is 34.3 Å². The minimum Gasteiger partial charge on any atom is -0.493 e. The first-order valence-electron chi connectivity index (χ1n) is 7.82. The second-order valence-electron chi connectivity index (χ2n) is 5.50. The van der Waals surface area contributed by atoms with Crippen LogP contribution in [0.4, 0.5) is 5.69 Å². The van der Waals surface area contributed by atoms with E-state index in [1.807, 2.05) is 0 Å². The second-order valence-corrected chi connectivity index (χ2v) is 5.94. The molecule has 0 radical (unpaired) electrons. The first-order chi connectivity index (χ1) is 12.5. The molecule has 0 atom stereocenters. The molecule has 0 unspecified atom stereocenters. The summed E-state index contributed by atoms with van der Waals surface area (Å²) in [5, 5.41) is 3.25. The first-order valence-corrected chi connectivity index (χ1v) is 8.20. The Bertz CT molecular complexity index is 1010. The van der Waals surface area contributed by atoms with Gasteiger partial charge in [-0.25, -0.2) is 4.79 Å². The molecule has 1 N–H and O–H groups in total. The van der Waals surface area contributed by atoms with Crippen molar-refractivity contribution in [1.29, 1.82) is 0 Å². The van der Waals surface area contributed by atoms with Crippen LogP contribution in [-0.4, -0.2) is 24.7 Å². The van der Waals surface area contributed by atoms with Gasteiger partial charge in [-0.2, -0.15) is 0 Å². The fourth-order valence-corrected chi connectivity index (χ4v) is 2.76. The van der Waals surface area contributed by atoms with Crippen LogP contribution in [0.25, 0.3) is 11.1 Å². The van der Waals surface area contributed by atoms with Crippen molar-refractivity contribution in [2.24, 2.45) is 0 Å². The molecule has 136 valence electrons. The monoisotopic (exact) mass is 376 g/mol. The fourth-order valence-electron chi connectivity index (χ4n) is 2.60. The number of fused-ring (bicyclic) bond motifs is 1. The second kappa shape index (κ2) is 7.53. The Balaban J connectivity index is 1.71. The van der Waals surface area contributed by atoms with E-state index in [0.717, 1.165) is 0 Å². The largest absolute Gasteiger partial charge is 0.493 e. The SMILES string of the molecule is COc1ccc(NC(=O)CCn2c(=O)oc3ccc(Cl)cc32)cc1OC. The number of aryl methyl sites for hydroxylation is 1. The maximum absolute atomic E-state index is 12.2. The van der Waals surface area contributed by atoms with Crippen LogP contribution in [0.3, 0.4) is 0 Å². The highest BCUT2D eigenvalue weighted by Crippen LogP contribution is 2.29. The Labute approximate surface area is 154 Å². The number of hydrogen-bond donors (Lipinski definition) is 1. The summed E-state index contributed by atoms with van der Waals surface area (Å²) in [6.45, 7) is 0.172. The molecule has 0 spiro atoms. The third-order valence-corrected chi connectivity index (χ3v) is 4.09. The molecule has 1 heterocycles. The van der Waals surface area contributed by atoms with E-state index in [0.29, 0.717) is 33.3 Å². The number of rotatable bonds is 6. The van der Waals surface area contributed by atoms with Gasteiger partial charge >= 0.3 is 5.76 Å². The van der Waals surface area contributed by atoms with Gasteiger partial charge in [-0.3, -0.25) is 9.36 Å². The van der Waals surface area contributed by atoms with Gasteiger partial charge in [0.15, 0.2) is 17.1 Å². The smallest absolute Gasteiger partial charge is 0.419 e. The minimum absolute atomic E-state index is 0.0927. The average molecular weight is 377 g/mol. The van der Waals surface area contributed by atoms with E-state index >= 15 is 0 Å². The molecule has 1 amide bonds. The van der Waals surface area contributed by atoms with E-state index in [1.54, 1.807) is 36.4 Å². The summed E-state index contributed by atoms with van der Waals surface area (Å²) in [4.78, 5) is 24.2. The van der Waals surface area contributed by atoms with Gasteiger partial charge in [-0.15, -0.1) is 0 Å². The first kappa shape index (κ1) is 17.9.